The van der Waals surface area contributed by atoms with Crippen molar-refractivity contribution in [3.63, 3.8) is 0 Å². The van der Waals surface area contributed by atoms with E-state index in [2.05, 4.69) is 0 Å². The van der Waals surface area contributed by atoms with E-state index in [0.29, 0.717) is 11.4 Å². The van der Waals surface area contributed by atoms with E-state index in [4.69, 9.17) is 15.2 Å². The molecule has 0 aromatic heterocycles. The van der Waals surface area contributed by atoms with E-state index in [1.54, 1.807) is 6.07 Å². The van der Waals surface area contributed by atoms with Gasteiger partial charge in [-0.05, 0) is 25.0 Å². The van der Waals surface area contributed by atoms with E-state index < -0.39 is 0 Å². The Morgan fingerprint density at radius 3 is 2.80 bits per heavy atom. The molecule has 110 valence electrons. The Labute approximate surface area is 119 Å². The second kappa shape index (κ2) is 5.60. The summed E-state index contributed by atoms with van der Waals surface area (Å²) in [5.74, 6) is 0.259. The van der Waals surface area contributed by atoms with Gasteiger partial charge in [0.2, 0.25) is 0 Å². The summed E-state index contributed by atoms with van der Waals surface area (Å²) in [7, 11) is 0. The number of nitrogens with two attached hydrogens (primary N) is 1. The van der Waals surface area contributed by atoms with E-state index in [1.807, 2.05) is 0 Å². The Bertz CT molecular complexity index is 466. The molecule has 1 aliphatic heterocycles. The number of halogens is 1. The van der Waals surface area contributed by atoms with Crippen LogP contribution in [0.1, 0.15) is 44.9 Å². The van der Waals surface area contributed by atoms with Crippen LogP contribution >= 0.6 is 0 Å². The summed E-state index contributed by atoms with van der Waals surface area (Å²) in [4.78, 5) is 0. The van der Waals surface area contributed by atoms with Crippen molar-refractivity contribution in [2.24, 2.45) is 0 Å². The van der Waals surface area contributed by atoms with Crippen LogP contribution in [0.15, 0.2) is 18.2 Å². The van der Waals surface area contributed by atoms with Crippen LogP contribution in [0.2, 0.25) is 0 Å². The van der Waals surface area contributed by atoms with Gasteiger partial charge < -0.3 is 15.2 Å². The SMILES string of the molecule is Nc1cc(F)ccc1OC1CCOC2(CCCCC2)C1. The summed E-state index contributed by atoms with van der Waals surface area (Å²) in [6, 6.07) is 4.32. The molecule has 2 fully saturated rings. The van der Waals surface area contributed by atoms with Crippen molar-refractivity contribution in [3.8, 4) is 5.75 Å². The minimum atomic E-state index is -0.328. The van der Waals surface area contributed by atoms with Crippen molar-refractivity contribution in [2.45, 2.75) is 56.7 Å². The summed E-state index contributed by atoms with van der Waals surface area (Å²) in [5, 5.41) is 0. The third-order valence-electron chi connectivity index (χ3n) is 4.48. The summed E-state index contributed by atoms with van der Waals surface area (Å²) in [6.07, 6.45) is 7.97. The number of hydrogen-bond donors (Lipinski definition) is 1. The first-order valence-electron chi connectivity index (χ1n) is 7.53. The number of ether oxygens (including phenoxy) is 2. The van der Waals surface area contributed by atoms with E-state index >= 15 is 0 Å². The first-order chi connectivity index (χ1) is 9.67. The molecule has 2 aliphatic rings. The van der Waals surface area contributed by atoms with Gasteiger partial charge in [0.05, 0.1) is 17.9 Å². The molecule has 20 heavy (non-hydrogen) atoms. The molecule has 0 radical (unpaired) electrons. The van der Waals surface area contributed by atoms with Crippen LogP contribution in [0.5, 0.6) is 5.75 Å². The van der Waals surface area contributed by atoms with Crippen LogP contribution in [-0.4, -0.2) is 18.3 Å². The highest BCUT2D eigenvalue weighted by Crippen LogP contribution is 2.40. The number of benzene rings is 1. The molecule has 3 rings (SSSR count). The third kappa shape index (κ3) is 2.90. The fourth-order valence-electron chi connectivity index (χ4n) is 3.43. The van der Waals surface area contributed by atoms with Crippen LogP contribution in [0.25, 0.3) is 0 Å². The average Bonchev–Trinajstić information content (AvgIpc) is 2.43. The van der Waals surface area contributed by atoms with Crippen molar-refractivity contribution >= 4 is 5.69 Å². The zero-order chi connectivity index (χ0) is 14.0. The fourth-order valence-corrected chi connectivity index (χ4v) is 3.43. The van der Waals surface area contributed by atoms with Gasteiger partial charge in [-0.1, -0.05) is 19.3 Å². The van der Waals surface area contributed by atoms with Gasteiger partial charge in [-0.3, -0.25) is 0 Å². The molecule has 0 amide bonds. The fraction of sp³-hybridized carbons (Fsp3) is 0.625. The summed E-state index contributed by atoms with van der Waals surface area (Å²) in [6.45, 7) is 0.742. The van der Waals surface area contributed by atoms with E-state index in [9.17, 15) is 4.39 Å². The minimum absolute atomic E-state index is 0.00988. The molecule has 2 N–H and O–H groups in total. The lowest BCUT2D eigenvalue weighted by Crippen LogP contribution is -2.45. The predicted molar refractivity (Wildman–Crippen MR) is 76.2 cm³/mol. The Morgan fingerprint density at radius 2 is 2.05 bits per heavy atom. The Hall–Kier alpha value is -1.29. The van der Waals surface area contributed by atoms with Gasteiger partial charge in [-0.2, -0.15) is 0 Å². The highest BCUT2D eigenvalue weighted by atomic mass is 19.1. The van der Waals surface area contributed by atoms with Gasteiger partial charge in [0.25, 0.3) is 0 Å². The zero-order valence-electron chi connectivity index (χ0n) is 11.7. The molecule has 4 heteroatoms. The van der Waals surface area contributed by atoms with Crippen LogP contribution in [-0.2, 0) is 4.74 Å². The van der Waals surface area contributed by atoms with Crippen molar-refractivity contribution in [3.05, 3.63) is 24.0 Å². The highest BCUT2D eigenvalue weighted by molar-refractivity contribution is 5.52. The molecule has 1 aliphatic carbocycles. The van der Waals surface area contributed by atoms with Gasteiger partial charge in [-0.15, -0.1) is 0 Å². The normalized spacial score (nSPS) is 25.6. The molecule has 1 spiro atoms. The smallest absolute Gasteiger partial charge is 0.142 e. The molecular formula is C16H22FNO2. The number of hydrogen-bond acceptors (Lipinski definition) is 3. The lowest BCUT2D eigenvalue weighted by atomic mass is 9.79. The maximum absolute atomic E-state index is 13.1. The Balaban J connectivity index is 1.68. The lowest BCUT2D eigenvalue weighted by molar-refractivity contribution is -0.129. The molecule has 1 unspecified atom stereocenters. The maximum atomic E-state index is 13.1. The Morgan fingerprint density at radius 1 is 1.25 bits per heavy atom. The molecule has 1 saturated carbocycles. The van der Waals surface area contributed by atoms with Crippen molar-refractivity contribution in [1.82, 2.24) is 0 Å². The predicted octanol–water partition coefficient (Wildman–Crippen LogP) is 3.67. The second-order valence-electron chi connectivity index (χ2n) is 6.01. The number of rotatable bonds is 2. The molecule has 1 heterocycles. The van der Waals surface area contributed by atoms with Gasteiger partial charge in [0.1, 0.15) is 17.7 Å². The largest absolute Gasteiger partial charge is 0.488 e. The summed E-state index contributed by atoms with van der Waals surface area (Å²) in [5.41, 5.74) is 6.19. The van der Waals surface area contributed by atoms with Crippen molar-refractivity contribution < 1.29 is 13.9 Å². The van der Waals surface area contributed by atoms with Crippen LogP contribution < -0.4 is 10.5 Å². The second-order valence-corrected chi connectivity index (χ2v) is 6.01. The molecule has 1 saturated heterocycles. The summed E-state index contributed by atoms with van der Waals surface area (Å²) >= 11 is 0. The van der Waals surface area contributed by atoms with E-state index in [1.165, 1.54) is 31.4 Å². The molecule has 1 aromatic carbocycles. The molecule has 0 bridgehead atoms. The topological polar surface area (TPSA) is 44.5 Å². The van der Waals surface area contributed by atoms with Gasteiger partial charge in [0.15, 0.2) is 0 Å². The van der Waals surface area contributed by atoms with Gasteiger partial charge in [-0.25, -0.2) is 4.39 Å². The first-order valence-corrected chi connectivity index (χ1v) is 7.53. The van der Waals surface area contributed by atoms with E-state index in [0.717, 1.165) is 32.3 Å². The number of anilines is 1. The van der Waals surface area contributed by atoms with E-state index in [-0.39, 0.29) is 17.5 Å². The van der Waals surface area contributed by atoms with Crippen LogP contribution in [0, 0.1) is 5.82 Å². The Kier molecular flexibility index (Phi) is 3.83. The molecular weight excluding hydrogens is 257 g/mol. The van der Waals surface area contributed by atoms with Gasteiger partial charge in [0, 0.05) is 18.9 Å². The quantitative estimate of drug-likeness (QED) is 0.840. The third-order valence-corrected chi connectivity index (χ3v) is 4.48. The van der Waals surface area contributed by atoms with Crippen molar-refractivity contribution in [1.29, 1.82) is 0 Å². The first kappa shape index (κ1) is 13.7. The maximum Gasteiger partial charge on any atom is 0.142 e. The zero-order valence-corrected chi connectivity index (χ0v) is 11.7. The lowest BCUT2D eigenvalue weighted by Gasteiger charge is -2.43. The summed E-state index contributed by atoms with van der Waals surface area (Å²) < 4.78 is 25.1. The van der Waals surface area contributed by atoms with Crippen LogP contribution in [0.3, 0.4) is 0 Å². The molecule has 1 aromatic rings. The van der Waals surface area contributed by atoms with Crippen LogP contribution in [0.4, 0.5) is 10.1 Å². The minimum Gasteiger partial charge on any atom is -0.488 e. The highest BCUT2D eigenvalue weighted by Gasteiger charge is 2.39. The molecule has 3 nitrogen and oxygen atoms in total. The number of nitrogen functional groups attached to an aromatic ring is 1. The monoisotopic (exact) mass is 279 g/mol. The van der Waals surface area contributed by atoms with Gasteiger partial charge >= 0.3 is 0 Å². The standard InChI is InChI=1S/C16H22FNO2/c17-12-4-5-15(14(18)10-12)20-13-6-9-19-16(11-13)7-2-1-3-8-16/h4-5,10,13H,1-3,6-9,11,18H2. The average molecular weight is 279 g/mol. The molecule has 1 atom stereocenters. The van der Waals surface area contributed by atoms with Crippen molar-refractivity contribution in [2.75, 3.05) is 12.3 Å².